The molecule has 2 rings (SSSR count). The maximum Gasteiger partial charge on any atom is 0.0829 e. The van der Waals surface area contributed by atoms with E-state index < -0.39 is 6.04 Å². The molecule has 3 nitrogen and oxygen atoms in total. The molecule has 1 saturated heterocycles. The predicted molar refractivity (Wildman–Crippen MR) is 76.5 cm³/mol. The molecule has 1 aromatic rings. The molecule has 0 saturated carbocycles. The van der Waals surface area contributed by atoms with Crippen molar-refractivity contribution < 1.29 is 5.11 Å². The van der Waals surface area contributed by atoms with E-state index in [1.165, 1.54) is 19.3 Å². The van der Waals surface area contributed by atoms with Gasteiger partial charge in [0.25, 0.3) is 0 Å². The van der Waals surface area contributed by atoms with Gasteiger partial charge in [-0.2, -0.15) is 0 Å². The third-order valence-electron chi connectivity index (χ3n) is 3.38. The lowest BCUT2D eigenvalue weighted by Crippen LogP contribution is -2.29. The molecule has 0 unspecified atom stereocenters. The van der Waals surface area contributed by atoms with E-state index in [4.69, 9.17) is 34.0 Å². The van der Waals surface area contributed by atoms with Gasteiger partial charge in [0.15, 0.2) is 0 Å². The molecule has 0 spiro atoms. The first kappa shape index (κ1) is 13.9. The lowest BCUT2D eigenvalue weighted by Gasteiger charge is -2.30. The smallest absolute Gasteiger partial charge is 0.0829 e. The zero-order chi connectivity index (χ0) is 13.1. The number of hydrogen-bond acceptors (Lipinski definition) is 3. The van der Waals surface area contributed by atoms with E-state index in [2.05, 4.69) is 4.90 Å². The Kier molecular flexibility index (Phi) is 4.73. The summed E-state index contributed by atoms with van der Waals surface area (Å²) in [4.78, 5) is 2.26. The first-order valence-corrected chi connectivity index (χ1v) is 7.00. The molecule has 0 radical (unpaired) electrons. The van der Waals surface area contributed by atoms with Gasteiger partial charge in [-0.15, -0.1) is 0 Å². The van der Waals surface area contributed by atoms with E-state index in [9.17, 15) is 0 Å². The van der Waals surface area contributed by atoms with Crippen molar-refractivity contribution in [3.05, 3.63) is 27.7 Å². The fourth-order valence-corrected chi connectivity index (χ4v) is 2.91. The van der Waals surface area contributed by atoms with E-state index in [1.54, 1.807) is 0 Å². The van der Waals surface area contributed by atoms with Gasteiger partial charge in [-0.25, -0.2) is 0 Å². The van der Waals surface area contributed by atoms with Crippen LogP contribution in [0.2, 0.25) is 10.0 Å². The Bertz CT molecular complexity index is 420. The minimum Gasteiger partial charge on any atom is -0.394 e. The van der Waals surface area contributed by atoms with Crippen LogP contribution in [0.4, 0.5) is 5.69 Å². The molecule has 1 aliphatic heterocycles. The highest BCUT2D eigenvalue weighted by Gasteiger charge is 2.19. The highest BCUT2D eigenvalue weighted by Crippen LogP contribution is 2.38. The summed E-state index contributed by atoms with van der Waals surface area (Å²) in [6, 6.07) is 3.33. The quantitative estimate of drug-likeness (QED) is 0.899. The van der Waals surface area contributed by atoms with Crippen LogP contribution in [0.15, 0.2) is 12.1 Å². The fourth-order valence-electron chi connectivity index (χ4n) is 2.32. The highest BCUT2D eigenvalue weighted by molar-refractivity contribution is 6.44. The van der Waals surface area contributed by atoms with Crippen molar-refractivity contribution in [1.82, 2.24) is 0 Å². The SMILES string of the molecule is N[C@@H](CO)c1ccc(N2CCCCC2)c(Cl)c1Cl. The van der Waals surface area contributed by atoms with Crippen molar-refractivity contribution in [2.45, 2.75) is 25.3 Å². The molecule has 1 aliphatic rings. The van der Waals surface area contributed by atoms with Crippen LogP contribution in [0.1, 0.15) is 30.9 Å². The van der Waals surface area contributed by atoms with Crippen LogP contribution in [0.3, 0.4) is 0 Å². The first-order chi connectivity index (χ1) is 8.65. The van der Waals surface area contributed by atoms with Gasteiger partial charge in [-0.3, -0.25) is 0 Å². The van der Waals surface area contributed by atoms with E-state index in [0.29, 0.717) is 15.6 Å². The summed E-state index contributed by atoms with van der Waals surface area (Å²) in [6.45, 7) is 1.89. The van der Waals surface area contributed by atoms with Crippen LogP contribution >= 0.6 is 23.2 Å². The van der Waals surface area contributed by atoms with Crippen molar-refractivity contribution in [2.24, 2.45) is 5.73 Å². The second kappa shape index (κ2) is 6.11. The van der Waals surface area contributed by atoms with Gasteiger partial charge >= 0.3 is 0 Å². The third-order valence-corrected chi connectivity index (χ3v) is 4.27. The number of piperidine rings is 1. The van der Waals surface area contributed by atoms with Crippen LogP contribution < -0.4 is 10.6 Å². The maximum atomic E-state index is 9.08. The van der Waals surface area contributed by atoms with E-state index >= 15 is 0 Å². The Morgan fingerprint density at radius 3 is 2.44 bits per heavy atom. The summed E-state index contributed by atoms with van der Waals surface area (Å²) in [7, 11) is 0. The summed E-state index contributed by atoms with van der Waals surface area (Å²) in [6.07, 6.45) is 3.65. The van der Waals surface area contributed by atoms with Crippen molar-refractivity contribution in [3.63, 3.8) is 0 Å². The Hall–Kier alpha value is -0.480. The van der Waals surface area contributed by atoms with Gasteiger partial charge in [-0.1, -0.05) is 29.3 Å². The topological polar surface area (TPSA) is 49.5 Å². The van der Waals surface area contributed by atoms with Gasteiger partial charge in [-0.05, 0) is 30.9 Å². The largest absolute Gasteiger partial charge is 0.394 e. The lowest BCUT2D eigenvalue weighted by molar-refractivity contribution is 0.268. The predicted octanol–water partition coefficient (Wildman–Crippen LogP) is 2.98. The summed E-state index contributed by atoms with van der Waals surface area (Å²) in [5, 5.41) is 10.1. The molecule has 1 atom stereocenters. The van der Waals surface area contributed by atoms with Crippen LogP contribution in [-0.2, 0) is 0 Å². The van der Waals surface area contributed by atoms with E-state index in [1.807, 2.05) is 12.1 Å². The first-order valence-electron chi connectivity index (χ1n) is 6.24. The maximum absolute atomic E-state index is 9.08. The van der Waals surface area contributed by atoms with Crippen LogP contribution in [0.5, 0.6) is 0 Å². The Morgan fingerprint density at radius 2 is 1.83 bits per heavy atom. The molecule has 18 heavy (non-hydrogen) atoms. The Balaban J connectivity index is 2.30. The molecule has 1 aromatic carbocycles. The van der Waals surface area contributed by atoms with Gasteiger partial charge in [0.05, 0.1) is 28.4 Å². The van der Waals surface area contributed by atoms with Crippen molar-refractivity contribution in [2.75, 3.05) is 24.6 Å². The highest BCUT2D eigenvalue weighted by atomic mass is 35.5. The number of benzene rings is 1. The summed E-state index contributed by atoms with van der Waals surface area (Å²) in [5.41, 5.74) is 7.45. The minimum atomic E-state index is -0.481. The van der Waals surface area contributed by atoms with Gasteiger partial charge in [0.2, 0.25) is 0 Å². The number of aliphatic hydroxyl groups excluding tert-OH is 1. The third kappa shape index (κ3) is 2.75. The second-order valence-corrected chi connectivity index (χ2v) is 5.39. The van der Waals surface area contributed by atoms with Crippen LogP contribution in [0, 0.1) is 0 Å². The molecule has 1 fully saturated rings. The van der Waals surface area contributed by atoms with E-state index in [-0.39, 0.29) is 6.61 Å². The number of nitrogens with two attached hydrogens (primary N) is 1. The number of nitrogens with zero attached hydrogens (tertiary/aromatic N) is 1. The van der Waals surface area contributed by atoms with Crippen molar-refractivity contribution in [3.8, 4) is 0 Å². The number of halogens is 2. The van der Waals surface area contributed by atoms with Crippen LogP contribution in [-0.4, -0.2) is 24.8 Å². The van der Waals surface area contributed by atoms with Crippen molar-refractivity contribution >= 4 is 28.9 Å². The van der Waals surface area contributed by atoms with Gasteiger partial charge < -0.3 is 15.7 Å². The molecule has 0 aliphatic carbocycles. The number of hydrogen-bond donors (Lipinski definition) is 2. The zero-order valence-electron chi connectivity index (χ0n) is 10.2. The molecule has 0 amide bonds. The fraction of sp³-hybridized carbons (Fsp3) is 0.538. The molecular formula is C13H18Cl2N2O. The lowest BCUT2D eigenvalue weighted by atomic mass is 10.1. The minimum absolute atomic E-state index is 0.140. The van der Waals surface area contributed by atoms with E-state index in [0.717, 1.165) is 18.8 Å². The number of rotatable bonds is 3. The second-order valence-electron chi connectivity index (χ2n) is 4.64. The molecule has 3 N–H and O–H groups in total. The molecule has 0 bridgehead atoms. The molecular weight excluding hydrogens is 271 g/mol. The van der Waals surface area contributed by atoms with Crippen LogP contribution in [0.25, 0.3) is 0 Å². The zero-order valence-corrected chi connectivity index (χ0v) is 11.7. The average Bonchev–Trinajstić information content (AvgIpc) is 2.42. The normalized spacial score (nSPS) is 17.9. The Morgan fingerprint density at radius 1 is 1.17 bits per heavy atom. The van der Waals surface area contributed by atoms with Gasteiger partial charge in [0, 0.05) is 13.1 Å². The average molecular weight is 289 g/mol. The standard InChI is InChI=1S/C13H18Cl2N2O/c14-12-9(10(16)8-18)4-5-11(13(12)15)17-6-2-1-3-7-17/h4-5,10,18H,1-3,6-8,16H2/t10-/m0/s1. The molecule has 100 valence electrons. The van der Waals surface area contributed by atoms with Gasteiger partial charge in [0.1, 0.15) is 0 Å². The molecule has 5 heteroatoms. The monoisotopic (exact) mass is 288 g/mol. The molecule has 1 heterocycles. The number of aliphatic hydroxyl groups is 1. The Labute approximate surface area is 117 Å². The molecule has 0 aromatic heterocycles. The summed E-state index contributed by atoms with van der Waals surface area (Å²) < 4.78 is 0. The summed E-state index contributed by atoms with van der Waals surface area (Å²) >= 11 is 12.6. The summed E-state index contributed by atoms with van der Waals surface area (Å²) in [5.74, 6) is 0. The van der Waals surface area contributed by atoms with Crippen molar-refractivity contribution in [1.29, 1.82) is 0 Å². The number of anilines is 1.